The molecule has 2 aromatic carbocycles. The van der Waals surface area contributed by atoms with Crippen LogP contribution in [0.25, 0.3) is 0 Å². The molecule has 2 amide bonds. The van der Waals surface area contributed by atoms with E-state index in [0.29, 0.717) is 0 Å². The first-order chi connectivity index (χ1) is 11.9. The first-order valence-electron chi connectivity index (χ1n) is 8.01. The molecule has 0 aromatic heterocycles. The van der Waals surface area contributed by atoms with E-state index in [4.69, 9.17) is 0 Å². The molecule has 130 valence electrons. The minimum absolute atomic E-state index is 0.00177. The molecule has 2 aliphatic rings. The molecule has 2 heterocycles. The fourth-order valence-electron chi connectivity index (χ4n) is 3.69. The average Bonchev–Trinajstić information content (AvgIpc) is 2.97. The zero-order chi connectivity index (χ0) is 17.8. The summed E-state index contributed by atoms with van der Waals surface area (Å²) in [6.07, 6.45) is 0. The number of carbonyl (C=O) groups excluding carboxylic acids is 1. The minimum Gasteiger partial charge on any atom is -0.288 e. The van der Waals surface area contributed by atoms with Crippen molar-refractivity contribution in [1.29, 1.82) is 0 Å². The third-order valence-electron chi connectivity index (χ3n) is 4.75. The second kappa shape index (κ2) is 5.85. The Morgan fingerprint density at radius 1 is 0.960 bits per heavy atom. The first-order valence-corrected chi connectivity index (χ1v) is 10.6. The highest BCUT2D eigenvalue weighted by molar-refractivity contribution is 9.10. The molecule has 0 N–H and O–H groups in total. The van der Waals surface area contributed by atoms with E-state index in [1.54, 1.807) is 9.80 Å². The zero-order valence-corrected chi connectivity index (χ0v) is 16.0. The molecule has 2 fully saturated rings. The number of sulfone groups is 1. The number of urea groups is 1. The van der Waals surface area contributed by atoms with Gasteiger partial charge in [0, 0.05) is 15.8 Å². The lowest BCUT2D eigenvalue weighted by atomic mass is 10.1. The highest BCUT2D eigenvalue weighted by Crippen LogP contribution is 2.38. The number of amides is 2. The number of hydrogen-bond acceptors (Lipinski definition) is 3. The van der Waals surface area contributed by atoms with Crippen molar-refractivity contribution in [3.63, 3.8) is 0 Å². The van der Waals surface area contributed by atoms with Gasteiger partial charge >= 0.3 is 6.03 Å². The Morgan fingerprint density at radius 3 is 2.16 bits per heavy atom. The molecule has 0 radical (unpaired) electrons. The molecular formula is C18H17BrN2O3S. The fourth-order valence-corrected chi connectivity index (χ4v) is 5.87. The van der Waals surface area contributed by atoms with Gasteiger partial charge in [0.15, 0.2) is 9.84 Å². The van der Waals surface area contributed by atoms with Crippen molar-refractivity contribution in [2.24, 2.45) is 0 Å². The van der Waals surface area contributed by atoms with Gasteiger partial charge in [0.1, 0.15) is 0 Å². The minimum atomic E-state index is -3.17. The van der Waals surface area contributed by atoms with Crippen LogP contribution >= 0.6 is 15.9 Å². The van der Waals surface area contributed by atoms with Crippen LogP contribution in [0, 0.1) is 6.92 Å². The molecule has 0 aliphatic carbocycles. The monoisotopic (exact) mass is 420 g/mol. The Balaban J connectivity index is 1.81. The maximum Gasteiger partial charge on any atom is 0.329 e. The molecule has 2 atom stereocenters. The number of halogens is 1. The molecule has 4 rings (SSSR count). The SMILES string of the molecule is Cc1cccc(N2C(=O)N(c3ccc(Br)cc3)[C@H]3CS(=O)(=O)C[C@@H]32)c1. The zero-order valence-electron chi connectivity index (χ0n) is 13.6. The Bertz CT molecular complexity index is 943. The number of rotatable bonds is 2. The number of fused-ring (bicyclic) bond motifs is 1. The van der Waals surface area contributed by atoms with Crippen LogP contribution in [-0.2, 0) is 9.84 Å². The van der Waals surface area contributed by atoms with Gasteiger partial charge in [-0.15, -0.1) is 0 Å². The summed E-state index contributed by atoms with van der Waals surface area (Å²) >= 11 is 3.39. The van der Waals surface area contributed by atoms with Gasteiger partial charge in [-0.2, -0.15) is 0 Å². The Labute approximate surface area is 155 Å². The van der Waals surface area contributed by atoms with E-state index in [-0.39, 0.29) is 29.6 Å². The second-order valence-corrected chi connectivity index (χ2v) is 9.62. The average molecular weight is 421 g/mol. The Hall–Kier alpha value is -1.86. The Kier molecular flexibility index (Phi) is 3.88. The van der Waals surface area contributed by atoms with Gasteiger partial charge in [0.25, 0.3) is 0 Å². The van der Waals surface area contributed by atoms with Gasteiger partial charge in [-0.3, -0.25) is 9.80 Å². The van der Waals surface area contributed by atoms with E-state index < -0.39 is 9.84 Å². The normalized spacial score (nSPS) is 24.6. The maximum absolute atomic E-state index is 13.2. The lowest BCUT2D eigenvalue weighted by molar-refractivity contribution is 0.255. The van der Waals surface area contributed by atoms with E-state index in [2.05, 4.69) is 15.9 Å². The van der Waals surface area contributed by atoms with Crippen LogP contribution in [0.5, 0.6) is 0 Å². The van der Waals surface area contributed by atoms with E-state index in [1.807, 2.05) is 55.5 Å². The lowest BCUT2D eigenvalue weighted by Gasteiger charge is -2.23. The summed E-state index contributed by atoms with van der Waals surface area (Å²) in [6, 6.07) is 14.1. The lowest BCUT2D eigenvalue weighted by Crippen LogP contribution is -2.37. The van der Waals surface area contributed by atoms with Crippen LogP contribution in [0.2, 0.25) is 0 Å². The van der Waals surface area contributed by atoms with Gasteiger partial charge in [-0.25, -0.2) is 13.2 Å². The van der Waals surface area contributed by atoms with Crippen LogP contribution < -0.4 is 9.80 Å². The molecule has 5 nitrogen and oxygen atoms in total. The Morgan fingerprint density at radius 2 is 1.56 bits per heavy atom. The summed E-state index contributed by atoms with van der Waals surface area (Å²) in [5.74, 6) is 0.00611. The van der Waals surface area contributed by atoms with Crippen LogP contribution in [0.15, 0.2) is 53.0 Å². The summed E-state index contributed by atoms with van der Waals surface area (Å²) in [5.41, 5.74) is 2.50. The third-order valence-corrected chi connectivity index (χ3v) is 6.98. The largest absolute Gasteiger partial charge is 0.329 e. The molecule has 0 unspecified atom stereocenters. The summed E-state index contributed by atoms with van der Waals surface area (Å²) in [5, 5.41) is 0. The van der Waals surface area contributed by atoms with E-state index in [9.17, 15) is 13.2 Å². The summed E-state index contributed by atoms with van der Waals surface area (Å²) < 4.78 is 25.4. The number of carbonyl (C=O) groups is 1. The van der Waals surface area contributed by atoms with E-state index >= 15 is 0 Å². The van der Waals surface area contributed by atoms with E-state index in [1.165, 1.54) is 0 Å². The number of nitrogens with zero attached hydrogens (tertiary/aromatic N) is 2. The second-order valence-electron chi connectivity index (χ2n) is 6.55. The molecule has 7 heteroatoms. The van der Waals surface area contributed by atoms with Crippen molar-refractivity contribution in [2.75, 3.05) is 21.3 Å². The van der Waals surface area contributed by atoms with Crippen LogP contribution in [0.3, 0.4) is 0 Å². The van der Waals surface area contributed by atoms with Gasteiger partial charge in [0.05, 0.1) is 23.6 Å². The third kappa shape index (κ3) is 2.85. The number of anilines is 2. The van der Waals surface area contributed by atoms with Crippen molar-refractivity contribution >= 4 is 43.2 Å². The molecule has 0 spiro atoms. The molecule has 25 heavy (non-hydrogen) atoms. The van der Waals surface area contributed by atoms with Crippen molar-refractivity contribution in [1.82, 2.24) is 0 Å². The van der Waals surface area contributed by atoms with Crippen molar-refractivity contribution < 1.29 is 13.2 Å². The van der Waals surface area contributed by atoms with E-state index in [0.717, 1.165) is 21.4 Å². The highest BCUT2D eigenvalue weighted by atomic mass is 79.9. The molecular weight excluding hydrogens is 404 g/mol. The number of aryl methyl sites for hydroxylation is 1. The smallest absolute Gasteiger partial charge is 0.288 e. The topological polar surface area (TPSA) is 57.7 Å². The van der Waals surface area contributed by atoms with Crippen molar-refractivity contribution in [2.45, 2.75) is 19.0 Å². The fraction of sp³-hybridized carbons (Fsp3) is 0.278. The predicted molar refractivity (Wildman–Crippen MR) is 102 cm³/mol. The molecule has 2 aromatic rings. The highest BCUT2D eigenvalue weighted by Gasteiger charge is 2.54. The number of benzene rings is 2. The summed E-state index contributed by atoms with van der Waals surface area (Å²) in [4.78, 5) is 16.4. The van der Waals surface area contributed by atoms with Crippen LogP contribution in [0.4, 0.5) is 16.2 Å². The number of hydrogen-bond donors (Lipinski definition) is 0. The van der Waals surface area contributed by atoms with Gasteiger partial charge < -0.3 is 0 Å². The summed E-state index contributed by atoms with van der Waals surface area (Å²) in [7, 11) is -3.17. The summed E-state index contributed by atoms with van der Waals surface area (Å²) in [6.45, 7) is 1.96. The van der Waals surface area contributed by atoms with Gasteiger partial charge in [-0.1, -0.05) is 28.1 Å². The standard InChI is InChI=1S/C18H17BrN2O3S/c1-12-3-2-4-15(9-12)21-17-11-25(23,24)10-16(17)20(18(21)22)14-7-5-13(19)6-8-14/h2-9,16-17H,10-11H2,1H3/t16-,17-/m0/s1. The molecule has 0 saturated carbocycles. The molecule has 2 saturated heterocycles. The van der Waals surface area contributed by atoms with Crippen molar-refractivity contribution in [3.05, 3.63) is 58.6 Å². The first kappa shape index (κ1) is 16.6. The quantitative estimate of drug-likeness (QED) is 0.699. The molecule has 2 aliphatic heterocycles. The van der Waals surface area contributed by atoms with Crippen LogP contribution in [-0.4, -0.2) is 38.0 Å². The van der Waals surface area contributed by atoms with Gasteiger partial charge in [-0.05, 0) is 48.9 Å². The molecule has 0 bridgehead atoms. The van der Waals surface area contributed by atoms with Crippen molar-refractivity contribution in [3.8, 4) is 0 Å². The predicted octanol–water partition coefficient (Wildman–Crippen LogP) is 3.37. The van der Waals surface area contributed by atoms with Crippen LogP contribution in [0.1, 0.15) is 5.56 Å². The van der Waals surface area contributed by atoms with Gasteiger partial charge in [0.2, 0.25) is 0 Å². The maximum atomic E-state index is 13.2.